The highest BCUT2D eigenvalue weighted by Gasteiger charge is 2.05. The Morgan fingerprint density at radius 2 is 1.50 bits per heavy atom. The molecule has 0 N–H and O–H groups in total. The molecule has 0 unspecified atom stereocenters. The molecule has 0 saturated carbocycles. The molecule has 0 amide bonds. The van der Waals surface area contributed by atoms with Crippen molar-refractivity contribution >= 4 is 7.92 Å². The molecular formula is C10H23OP. The summed E-state index contributed by atoms with van der Waals surface area (Å²) in [6, 6.07) is 0. The molecule has 0 bridgehead atoms. The van der Waals surface area contributed by atoms with E-state index in [1.165, 1.54) is 38.0 Å². The minimum absolute atomic E-state index is 0.205. The van der Waals surface area contributed by atoms with E-state index in [1.54, 1.807) is 0 Å². The predicted molar refractivity (Wildman–Crippen MR) is 58.3 cm³/mol. The van der Waals surface area contributed by atoms with E-state index >= 15 is 0 Å². The van der Waals surface area contributed by atoms with Gasteiger partial charge in [0.15, 0.2) is 0 Å². The van der Waals surface area contributed by atoms with Gasteiger partial charge in [-0.3, -0.25) is 0 Å². The van der Waals surface area contributed by atoms with Gasteiger partial charge < -0.3 is 4.74 Å². The largest absolute Gasteiger partial charge is 0.380 e. The van der Waals surface area contributed by atoms with Crippen molar-refractivity contribution in [3.8, 4) is 0 Å². The van der Waals surface area contributed by atoms with Crippen LogP contribution in [0.1, 0.15) is 39.5 Å². The van der Waals surface area contributed by atoms with E-state index in [9.17, 15) is 0 Å². The third kappa shape index (κ3) is 7.06. The van der Waals surface area contributed by atoms with E-state index < -0.39 is 0 Å². The summed E-state index contributed by atoms with van der Waals surface area (Å²) >= 11 is 0. The van der Waals surface area contributed by atoms with Crippen LogP contribution in [0.15, 0.2) is 0 Å². The van der Waals surface area contributed by atoms with Crippen LogP contribution in [-0.4, -0.2) is 25.8 Å². The Morgan fingerprint density at radius 1 is 1.00 bits per heavy atom. The SMILES string of the molecule is CCCCP(CCCC)COC. The predicted octanol–water partition coefficient (Wildman–Crippen LogP) is 3.67. The zero-order valence-electron chi connectivity index (χ0n) is 8.81. The molecule has 0 aliphatic rings. The van der Waals surface area contributed by atoms with Crippen molar-refractivity contribution in [3.63, 3.8) is 0 Å². The maximum Gasteiger partial charge on any atom is 0.0655 e. The summed E-state index contributed by atoms with van der Waals surface area (Å²) in [7, 11) is 2.03. The van der Waals surface area contributed by atoms with E-state index in [0.717, 1.165) is 6.35 Å². The van der Waals surface area contributed by atoms with Crippen molar-refractivity contribution in [2.75, 3.05) is 25.8 Å². The van der Waals surface area contributed by atoms with Crippen LogP contribution in [-0.2, 0) is 4.74 Å². The number of ether oxygens (including phenoxy) is 1. The fraction of sp³-hybridized carbons (Fsp3) is 1.00. The smallest absolute Gasteiger partial charge is 0.0655 e. The van der Waals surface area contributed by atoms with Gasteiger partial charge in [-0.2, -0.15) is 0 Å². The molecule has 0 aromatic rings. The Bertz CT molecular complexity index is 77.9. The normalized spacial score (nSPS) is 11.0. The van der Waals surface area contributed by atoms with Crippen LogP contribution in [0, 0.1) is 0 Å². The number of hydrogen-bond acceptors (Lipinski definition) is 1. The summed E-state index contributed by atoms with van der Waals surface area (Å²) < 4.78 is 5.23. The van der Waals surface area contributed by atoms with E-state index in [0.29, 0.717) is 0 Å². The quantitative estimate of drug-likeness (QED) is 0.530. The lowest BCUT2D eigenvalue weighted by atomic mass is 10.4. The van der Waals surface area contributed by atoms with Crippen LogP contribution in [0.3, 0.4) is 0 Å². The second kappa shape index (κ2) is 9.48. The molecule has 74 valence electrons. The molecule has 0 radical (unpaired) electrons. The van der Waals surface area contributed by atoms with Crippen molar-refractivity contribution in [2.24, 2.45) is 0 Å². The molecule has 0 atom stereocenters. The van der Waals surface area contributed by atoms with Crippen LogP contribution in [0.4, 0.5) is 0 Å². The van der Waals surface area contributed by atoms with E-state index in [-0.39, 0.29) is 7.92 Å². The fourth-order valence-electron chi connectivity index (χ4n) is 1.19. The van der Waals surface area contributed by atoms with Gasteiger partial charge in [0.1, 0.15) is 0 Å². The maximum atomic E-state index is 5.23. The zero-order chi connectivity index (χ0) is 9.23. The molecular weight excluding hydrogens is 167 g/mol. The first kappa shape index (κ1) is 12.4. The van der Waals surface area contributed by atoms with Gasteiger partial charge in [-0.15, -0.1) is 0 Å². The van der Waals surface area contributed by atoms with Gasteiger partial charge in [0.05, 0.1) is 6.35 Å². The summed E-state index contributed by atoms with van der Waals surface area (Å²) in [5.74, 6) is 0. The lowest BCUT2D eigenvalue weighted by molar-refractivity contribution is 0.254. The van der Waals surface area contributed by atoms with Crippen LogP contribution >= 0.6 is 7.92 Å². The average Bonchev–Trinajstić information content (AvgIpc) is 2.10. The van der Waals surface area contributed by atoms with Gasteiger partial charge in [0, 0.05) is 7.11 Å². The first-order valence-electron chi connectivity index (χ1n) is 5.06. The van der Waals surface area contributed by atoms with Crippen molar-refractivity contribution in [1.82, 2.24) is 0 Å². The van der Waals surface area contributed by atoms with Crippen LogP contribution < -0.4 is 0 Å². The highest BCUT2D eigenvalue weighted by atomic mass is 31.1. The van der Waals surface area contributed by atoms with Gasteiger partial charge in [-0.1, -0.05) is 34.6 Å². The molecule has 0 aliphatic carbocycles. The fourth-order valence-corrected chi connectivity index (χ4v) is 3.56. The summed E-state index contributed by atoms with van der Waals surface area (Å²) in [6.07, 6.45) is 9.29. The zero-order valence-corrected chi connectivity index (χ0v) is 9.70. The Labute approximate surface area is 78.6 Å². The van der Waals surface area contributed by atoms with Crippen LogP contribution in [0.2, 0.25) is 0 Å². The molecule has 0 spiro atoms. The molecule has 0 aliphatic heterocycles. The molecule has 0 fully saturated rings. The number of rotatable bonds is 8. The first-order valence-corrected chi connectivity index (χ1v) is 6.96. The molecule has 0 rings (SSSR count). The summed E-state index contributed by atoms with van der Waals surface area (Å²) in [5.41, 5.74) is 0. The Morgan fingerprint density at radius 3 is 1.83 bits per heavy atom. The molecule has 0 aromatic carbocycles. The van der Waals surface area contributed by atoms with Crippen molar-refractivity contribution < 1.29 is 4.74 Å². The van der Waals surface area contributed by atoms with Crippen molar-refractivity contribution in [2.45, 2.75) is 39.5 Å². The molecule has 12 heavy (non-hydrogen) atoms. The first-order chi connectivity index (χ1) is 5.85. The standard InChI is InChI=1S/C10H23OP/c1-4-6-8-12(10-11-3)9-7-5-2/h4-10H2,1-3H3. The molecule has 0 saturated heterocycles. The van der Waals surface area contributed by atoms with Gasteiger partial charge in [-0.25, -0.2) is 0 Å². The second-order valence-corrected chi connectivity index (χ2v) is 5.74. The topological polar surface area (TPSA) is 9.23 Å². The van der Waals surface area contributed by atoms with E-state index in [4.69, 9.17) is 4.74 Å². The van der Waals surface area contributed by atoms with Crippen molar-refractivity contribution in [3.05, 3.63) is 0 Å². The molecule has 2 heteroatoms. The third-order valence-electron chi connectivity index (χ3n) is 1.97. The highest BCUT2D eigenvalue weighted by Crippen LogP contribution is 2.37. The van der Waals surface area contributed by atoms with Gasteiger partial charge in [0.2, 0.25) is 0 Å². The Hall–Kier alpha value is 0.390. The lowest BCUT2D eigenvalue weighted by Crippen LogP contribution is -1.96. The minimum Gasteiger partial charge on any atom is -0.380 e. The second-order valence-electron chi connectivity index (χ2n) is 3.24. The monoisotopic (exact) mass is 190 g/mol. The van der Waals surface area contributed by atoms with Gasteiger partial charge in [0.25, 0.3) is 0 Å². The van der Waals surface area contributed by atoms with Crippen LogP contribution in [0.25, 0.3) is 0 Å². The summed E-state index contributed by atoms with van der Waals surface area (Å²) in [5, 5.41) is 0. The van der Waals surface area contributed by atoms with E-state index in [2.05, 4.69) is 13.8 Å². The Balaban J connectivity index is 3.40. The van der Waals surface area contributed by atoms with Gasteiger partial charge >= 0.3 is 0 Å². The van der Waals surface area contributed by atoms with Crippen LogP contribution in [0.5, 0.6) is 0 Å². The summed E-state index contributed by atoms with van der Waals surface area (Å²) in [4.78, 5) is 0. The average molecular weight is 190 g/mol. The Kier molecular flexibility index (Phi) is 9.79. The number of hydrogen-bond donors (Lipinski definition) is 0. The van der Waals surface area contributed by atoms with Crippen molar-refractivity contribution in [1.29, 1.82) is 0 Å². The maximum absolute atomic E-state index is 5.23. The number of methoxy groups -OCH3 is 1. The minimum atomic E-state index is 0.205. The lowest BCUT2D eigenvalue weighted by Gasteiger charge is -2.15. The molecule has 0 heterocycles. The van der Waals surface area contributed by atoms with Gasteiger partial charge in [-0.05, 0) is 25.2 Å². The van der Waals surface area contributed by atoms with E-state index in [1.807, 2.05) is 7.11 Å². The molecule has 1 nitrogen and oxygen atoms in total. The molecule has 0 aromatic heterocycles. The summed E-state index contributed by atoms with van der Waals surface area (Å²) in [6.45, 7) is 4.53. The highest BCUT2D eigenvalue weighted by molar-refractivity contribution is 7.57. The third-order valence-corrected chi connectivity index (χ3v) is 4.49. The number of unbranched alkanes of at least 4 members (excludes halogenated alkanes) is 2.